The molecule has 0 atom stereocenters. The van der Waals surface area contributed by atoms with Gasteiger partial charge in [0.05, 0.1) is 30.2 Å². The molecule has 0 aliphatic rings. The van der Waals surface area contributed by atoms with Gasteiger partial charge >= 0.3 is 0 Å². The van der Waals surface area contributed by atoms with Crippen molar-refractivity contribution in [1.82, 2.24) is 25.1 Å². The van der Waals surface area contributed by atoms with Crippen LogP contribution >= 0.6 is 0 Å². The van der Waals surface area contributed by atoms with Gasteiger partial charge in [0.15, 0.2) is 0 Å². The minimum Gasteiger partial charge on any atom is -0.494 e. The number of H-pyrrole nitrogens is 1. The number of nitrogens with zero attached hydrogens (tertiary/aromatic N) is 3. The molecule has 5 rings (SSSR count). The smallest absolute Gasteiger partial charge is 0.119 e. The van der Waals surface area contributed by atoms with Gasteiger partial charge in [0.25, 0.3) is 0 Å². The maximum absolute atomic E-state index is 5.89. The van der Waals surface area contributed by atoms with E-state index in [0.717, 1.165) is 58.5 Å². The minimum absolute atomic E-state index is 0.717. The number of benzene rings is 2. The van der Waals surface area contributed by atoms with Gasteiger partial charge in [0, 0.05) is 35.1 Å². The summed E-state index contributed by atoms with van der Waals surface area (Å²) in [4.78, 5) is 8.16. The van der Waals surface area contributed by atoms with Crippen LogP contribution in [-0.4, -0.2) is 39.4 Å². The summed E-state index contributed by atoms with van der Waals surface area (Å²) in [7, 11) is 1.92. The van der Waals surface area contributed by atoms with Gasteiger partial charge in [-0.25, -0.2) is 0 Å². The van der Waals surface area contributed by atoms with Crippen molar-refractivity contribution in [2.24, 2.45) is 7.05 Å². The molecule has 0 unspecified atom stereocenters. The second-order valence-corrected chi connectivity index (χ2v) is 7.95. The van der Waals surface area contributed by atoms with Crippen LogP contribution < -0.4 is 10.1 Å². The number of nitrogens with one attached hydrogen (secondary N) is 2. The van der Waals surface area contributed by atoms with E-state index >= 15 is 0 Å². The van der Waals surface area contributed by atoms with Crippen LogP contribution in [0.1, 0.15) is 13.3 Å². The zero-order valence-electron chi connectivity index (χ0n) is 18.4. The van der Waals surface area contributed by atoms with E-state index in [1.54, 1.807) is 4.68 Å². The summed E-state index contributed by atoms with van der Waals surface area (Å²) in [5.41, 5.74) is 6.42. The van der Waals surface area contributed by atoms with Gasteiger partial charge < -0.3 is 15.0 Å². The second-order valence-electron chi connectivity index (χ2n) is 7.95. The van der Waals surface area contributed by atoms with Gasteiger partial charge in [0.1, 0.15) is 5.75 Å². The Bertz CT molecular complexity index is 1350. The number of hydrogen-bond donors (Lipinski definition) is 2. The third-order valence-electron chi connectivity index (χ3n) is 5.69. The van der Waals surface area contributed by atoms with Gasteiger partial charge in [-0.2, -0.15) is 5.10 Å². The molecule has 5 aromatic rings. The average molecular weight is 426 g/mol. The first-order valence-electron chi connectivity index (χ1n) is 11.1. The Morgan fingerprint density at radius 1 is 1.03 bits per heavy atom. The summed E-state index contributed by atoms with van der Waals surface area (Å²) in [6.45, 7) is 4.80. The first-order chi connectivity index (χ1) is 15.7. The van der Waals surface area contributed by atoms with E-state index in [1.165, 1.54) is 10.9 Å². The lowest BCUT2D eigenvalue weighted by Gasteiger charge is -2.09. The quantitative estimate of drug-likeness (QED) is 0.337. The lowest BCUT2D eigenvalue weighted by molar-refractivity contribution is 0.309. The van der Waals surface area contributed by atoms with Crippen molar-refractivity contribution in [2.45, 2.75) is 13.3 Å². The maximum atomic E-state index is 5.89. The molecule has 0 saturated carbocycles. The summed E-state index contributed by atoms with van der Waals surface area (Å²) in [5.74, 6) is 0.902. The lowest BCUT2D eigenvalue weighted by Crippen LogP contribution is -2.16. The van der Waals surface area contributed by atoms with Crippen molar-refractivity contribution in [2.75, 3.05) is 19.7 Å². The van der Waals surface area contributed by atoms with Crippen LogP contribution in [0.15, 0.2) is 67.1 Å². The van der Waals surface area contributed by atoms with E-state index in [9.17, 15) is 0 Å². The van der Waals surface area contributed by atoms with Gasteiger partial charge in [-0.15, -0.1) is 0 Å². The zero-order valence-corrected chi connectivity index (χ0v) is 18.4. The van der Waals surface area contributed by atoms with Crippen LogP contribution in [0.4, 0.5) is 0 Å². The fourth-order valence-corrected chi connectivity index (χ4v) is 4.10. The highest BCUT2D eigenvalue weighted by Gasteiger charge is 2.13. The zero-order chi connectivity index (χ0) is 21.9. The van der Waals surface area contributed by atoms with E-state index in [-0.39, 0.29) is 0 Å². The van der Waals surface area contributed by atoms with Crippen LogP contribution in [0.25, 0.3) is 44.2 Å². The molecule has 0 spiro atoms. The Morgan fingerprint density at radius 3 is 2.69 bits per heavy atom. The molecule has 0 saturated heterocycles. The van der Waals surface area contributed by atoms with E-state index < -0.39 is 0 Å². The van der Waals surface area contributed by atoms with Crippen LogP contribution in [0, 0.1) is 0 Å². The van der Waals surface area contributed by atoms with Gasteiger partial charge in [-0.3, -0.25) is 9.67 Å². The summed E-state index contributed by atoms with van der Waals surface area (Å²) in [5, 5.41) is 9.97. The van der Waals surface area contributed by atoms with E-state index in [0.29, 0.717) is 6.61 Å². The van der Waals surface area contributed by atoms with Gasteiger partial charge in [-0.05, 0) is 54.9 Å². The predicted octanol–water partition coefficient (Wildman–Crippen LogP) is 5.16. The van der Waals surface area contributed by atoms with Crippen LogP contribution in [0.2, 0.25) is 0 Å². The Kier molecular flexibility index (Phi) is 5.60. The number of aromatic nitrogens is 4. The molecule has 162 valence electrons. The number of rotatable bonds is 8. The fraction of sp³-hybridized carbons (Fsp3) is 0.231. The highest BCUT2D eigenvalue weighted by molar-refractivity contribution is 6.14. The van der Waals surface area contributed by atoms with Crippen molar-refractivity contribution in [3.05, 3.63) is 67.1 Å². The topological polar surface area (TPSA) is 67.8 Å². The van der Waals surface area contributed by atoms with E-state index in [4.69, 9.17) is 4.74 Å². The Morgan fingerprint density at radius 2 is 1.91 bits per heavy atom. The molecule has 0 aliphatic heterocycles. The average Bonchev–Trinajstić information content (AvgIpc) is 3.42. The molecular formula is C26H27N5O. The molecule has 3 heterocycles. The van der Waals surface area contributed by atoms with Crippen molar-refractivity contribution in [3.63, 3.8) is 0 Å². The SMILES string of the molecule is CCNCCCOc1ccc(-c2cccc3[nH]c4cnc(-c5cnn(C)c5)cc4c23)cc1. The first kappa shape index (κ1) is 20.3. The van der Waals surface area contributed by atoms with Crippen LogP contribution in [0.3, 0.4) is 0 Å². The third-order valence-corrected chi connectivity index (χ3v) is 5.69. The molecule has 6 nitrogen and oxygen atoms in total. The monoisotopic (exact) mass is 425 g/mol. The molecule has 0 aliphatic carbocycles. The summed E-state index contributed by atoms with van der Waals surface area (Å²) >= 11 is 0. The highest BCUT2D eigenvalue weighted by Crippen LogP contribution is 2.36. The largest absolute Gasteiger partial charge is 0.494 e. The molecule has 32 heavy (non-hydrogen) atoms. The van der Waals surface area contributed by atoms with Crippen molar-refractivity contribution in [1.29, 1.82) is 0 Å². The fourth-order valence-electron chi connectivity index (χ4n) is 4.10. The molecule has 3 aromatic heterocycles. The summed E-state index contributed by atoms with van der Waals surface area (Å²) in [6, 6.07) is 16.9. The summed E-state index contributed by atoms with van der Waals surface area (Å²) < 4.78 is 7.69. The van der Waals surface area contributed by atoms with E-state index in [2.05, 4.69) is 75.8 Å². The molecular weight excluding hydrogens is 398 g/mol. The molecule has 0 amide bonds. The van der Waals surface area contributed by atoms with Crippen LogP contribution in [-0.2, 0) is 7.05 Å². The molecule has 0 fully saturated rings. The van der Waals surface area contributed by atoms with Crippen LogP contribution in [0.5, 0.6) is 5.75 Å². The molecule has 0 radical (unpaired) electrons. The minimum atomic E-state index is 0.717. The Labute approximate surface area is 187 Å². The van der Waals surface area contributed by atoms with Crippen molar-refractivity contribution >= 4 is 21.8 Å². The lowest BCUT2D eigenvalue weighted by atomic mass is 9.99. The number of pyridine rings is 1. The van der Waals surface area contributed by atoms with Gasteiger partial charge in [0.2, 0.25) is 0 Å². The number of aromatic amines is 1. The number of aryl methyl sites for hydroxylation is 1. The van der Waals surface area contributed by atoms with Crippen molar-refractivity contribution < 1.29 is 4.74 Å². The molecule has 0 bridgehead atoms. The maximum Gasteiger partial charge on any atom is 0.119 e. The summed E-state index contributed by atoms with van der Waals surface area (Å²) in [6.07, 6.45) is 6.74. The molecule has 2 N–H and O–H groups in total. The van der Waals surface area contributed by atoms with E-state index in [1.807, 2.05) is 25.6 Å². The normalized spacial score (nSPS) is 11.4. The molecule has 6 heteroatoms. The standard InChI is InChI=1S/C26H27N5O/c1-3-27-12-5-13-32-20-10-8-18(9-11-20)21-6-4-7-23-26(21)22-14-24(28-16-25(22)30-23)19-15-29-31(2)17-19/h4,6-11,14-17,27,30H,3,5,12-13H2,1-2H3. The number of hydrogen-bond acceptors (Lipinski definition) is 4. The highest BCUT2D eigenvalue weighted by atomic mass is 16.5. The van der Waals surface area contributed by atoms with Gasteiger partial charge in [-0.1, -0.05) is 31.2 Å². The number of fused-ring (bicyclic) bond motifs is 3. The Balaban J connectivity index is 1.48. The Hall–Kier alpha value is -3.64. The first-order valence-corrected chi connectivity index (χ1v) is 11.1. The third kappa shape index (κ3) is 3.97. The molecule has 2 aromatic carbocycles. The predicted molar refractivity (Wildman–Crippen MR) is 130 cm³/mol. The van der Waals surface area contributed by atoms with Crippen molar-refractivity contribution in [3.8, 4) is 28.1 Å². The second kappa shape index (κ2) is 8.85. The number of ether oxygens (including phenoxy) is 1.